The zero-order valence-corrected chi connectivity index (χ0v) is 8.66. The van der Waals surface area contributed by atoms with Gasteiger partial charge in [0.05, 0.1) is 6.61 Å². The van der Waals surface area contributed by atoms with E-state index >= 15 is 0 Å². The Morgan fingerprint density at radius 1 is 1.12 bits per heavy atom. The molecular formula is C11H12F3NO. The van der Waals surface area contributed by atoms with Crippen molar-refractivity contribution in [2.24, 2.45) is 5.73 Å². The average Bonchev–Trinajstić information content (AvgIpc) is 2.32. The Morgan fingerprint density at radius 3 is 2.56 bits per heavy atom. The number of hydrogen-bond donors (Lipinski definition) is 1. The van der Waals surface area contributed by atoms with Crippen molar-refractivity contribution in [2.75, 3.05) is 13.2 Å². The molecule has 0 saturated heterocycles. The molecular weight excluding hydrogens is 219 g/mol. The number of rotatable bonds is 2. The first-order valence-electron chi connectivity index (χ1n) is 5.18. The predicted molar refractivity (Wildman–Crippen MR) is 52.9 cm³/mol. The summed E-state index contributed by atoms with van der Waals surface area (Å²) in [4.78, 5) is 0. The molecule has 1 heterocycles. The van der Waals surface area contributed by atoms with Crippen LogP contribution in [-0.4, -0.2) is 13.2 Å². The van der Waals surface area contributed by atoms with Crippen molar-refractivity contribution in [1.82, 2.24) is 0 Å². The zero-order valence-electron chi connectivity index (χ0n) is 8.66. The largest absolute Gasteiger partial charge is 0.490 e. The Labute approximate surface area is 91.2 Å². The summed E-state index contributed by atoms with van der Waals surface area (Å²) < 4.78 is 45.2. The second-order valence-corrected chi connectivity index (χ2v) is 3.72. The summed E-state index contributed by atoms with van der Waals surface area (Å²) in [6.45, 7) is 0.519. The lowest BCUT2D eigenvalue weighted by molar-refractivity contribution is 0.262. The van der Waals surface area contributed by atoms with Gasteiger partial charge in [-0.3, -0.25) is 0 Å². The number of halogens is 3. The maximum absolute atomic E-state index is 13.5. The second kappa shape index (κ2) is 4.33. The molecule has 1 aliphatic rings. The Kier molecular flexibility index (Phi) is 3.05. The van der Waals surface area contributed by atoms with Gasteiger partial charge in [-0.05, 0) is 31.4 Å². The van der Waals surface area contributed by atoms with Gasteiger partial charge in [0, 0.05) is 5.56 Å². The zero-order chi connectivity index (χ0) is 11.7. The van der Waals surface area contributed by atoms with E-state index in [1.54, 1.807) is 0 Å². The van der Waals surface area contributed by atoms with Gasteiger partial charge in [0.1, 0.15) is 0 Å². The van der Waals surface area contributed by atoms with Gasteiger partial charge in [0.15, 0.2) is 17.4 Å². The van der Waals surface area contributed by atoms with Crippen molar-refractivity contribution in [3.8, 4) is 5.75 Å². The lowest BCUT2D eigenvalue weighted by Crippen LogP contribution is -2.17. The molecule has 5 heteroatoms. The highest BCUT2D eigenvalue weighted by Crippen LogP contribution is 2.34. The predicted octanol–water partition coefficient (Wildman–Crippen LogP) is 1.93. The summed E-state index contributed by atoms with van der Waals surface area (Å²) >= 11 is 0. The molecule has 1 aliphatic heterocycles. The number of nitrogens with two attached hydrogens (primary N) is 1. The van der Waals surface area contributed by atoms with E-state index in [2.05, 4.69) is 0 Å². The highest BCUT2D eigenvalue weighted by molar-refractivity contribution is 5.44. The number of hydrogen-bond acceptors (Lipinski definition) is 2. The molecule has 1 aromatic carbocycles. The number of fused-ring (bicyclic) bond motifs is 1. The van der Waals surface area contributed by atoms with Crippen molar-refractivity contribution in [3.05, 3.63) is 28.6 Å². The third-order valence-corrected chi connectivity index (χ3v) is 2.70. The van der Waals surface area contributed by atoms with E-state index in [4.69, 9.17) is 10.5 Å². The SMILES string of the molecule is NCCc1c(F)c(F)c(F)c2c1CCCO2. The van der Waals surface area contributed by atoms with E-state index in [0.717, 1.165) is 0 Å². The van der Waals surface area contributed by atoms with Crippen LogP contribution in [0.15, 0.2) is 0 Å². The molecule has 0 saturated carbocycles. The quantitative estimate of drug-likeness (QED) is 0.789. The average molecular weight is 231 g/mol. The van der Waals surface area contributed by atoms with Gasteiger partial charge in [-0.1, -0.05) is 0 Å². The summed E-state index contributed by atoms with van der Waals surface area (Å²) in [5.41, 5.74) is 5.90. The van der Waals surface area contributed by atoms with Crippen LogP contribution in [0.1, 0.15) is 17.5 Å². The van der Waals surface area contributed by atoms with Gasteiger partial charge in [-0.2, -0.15) is 4.39 Å². The van der Waals surface area contributed by atoms with Crippen LogP contribution in [0.4, 0.5) is 13.2 Å². The highest BCUT2D eigenvalue weighted by Gasteiger charge is 2.27. The monoisotopic (exact) mass is 231 g/mol. The standard InChI is InChI=1S/C11H12F3NO/c12-8-6(3-4-15)7-2-1-5-16-11(7)10(14)9(8)13/h1-5,15H2. The fourth-order valence-electron chi connectivity index (χ4n) is 1.97. The summed E-state index contributed by atoms with van der Waals surface area (Å²) in [6, 6.07) is 0. The minimum absolute atomic E-state index is 0.145. The van der Waals surface area contributed by atoms with Crippen LogP contribution in [-0.2, 0) is 12.8 Å². The van der Waals surface area contributed by atoms with Crippen LogP contribution < -0.4 is 10.5 Å². The first kappa shape index (κ1) is 11.3. The molecule has 0 amide bonds. The van der Waals surface area contributed by atoms with Crippen LogP contribution in [0.3, 0.4) is 0 Å². The third kappa shape index (κ3) is 1.65. The second-order valence-electron chi connectivity index (χ2n) is 3.72. The smallest absolute Gasteiger partial charge is 0.203 e. The fraction of sp³-hybridized carbons (Fsp3) is 0.455. The molecule has 0 unspecified atom stereocenters. The lowest BCUT2D eigenvalue weighted by Gasteiger charge is -2.21. The molecule has 0 bridgehead atoms. The minimum Gasteiger partial charge on any atom is -0.490 e. The molecule has 2 nitrogen and oxygen atoms in total. The Morgan fingerprint density at radius 2 is 1.88 bits per heavy atom. The van der Waals surface area contributed by atoms with E-state index < -0.39 is 17.5 Å². The van der Waals surface area contributed by atoms with E-state index in [1.807, 2.05) is 0 Å². The number of benzene rings is 1. The van der Waals surface area contributed by atoms with Crippen molar-refractivity contribution in [1.29, 1.82) is 0 Å². The molecule has 16 heavy (non-hydrogen) atoms. The van der Waals surface area contributed by atoms with Crippen LogP contribution in [0.5, 0.6) is 5.75 Å². The van der Waals surface area contributed by atoms with Gasteiger partial charge in [-0.15, -0.1) is 0 Å². The maximum atomic E-state index is 13.5. The first-order chi connectivity index (χ1) is 7.66. The Hall–Kier alpha value is -1.23. The fourth-order valence-corrected chi connectivity index (χ4v) is 1.97. The Bertz CT molecular complexity index is 420. The highest BCUT2D eigenvalue weighted by atomic mass is 19.2. The Balaban J connectivity index is 2.62. The van der Waals surface area contributed by atoms with Crippen LogP contribution in [0.25, 0.3) is 0 Å². The van der Waals surface area contributed by atoms with E-state index in [-0.39, 0.29) is 24.3 Å². The normalized spacial score (nSPS) is 14.5. The third-order valence-electron chi connectivity index (χ3n) is 2.70. The maximum Gasteiger partial charge on any atom is 0.203 e. The molecule has 1 aromatic rings. The first-order valence-corrected chi connectivity index (χ1v) is 5.18. The van der Waals surface area contributed by atoms with Crippen molar-refractivity contribution >= 4 is 0 Å². The molecule has 0 atom stereocenters. The van der Waals surface area contributed by atoms with Gasteiger partial charge in [0.2, 0.25) is 5.82 Å². The van der Waals surface area contributed by atoms with Gasteiger partial charge >= 0.3 is 0 Å². The van der Waals surface area contributed by atoms with Crippen LogP contribution in [0, 0.1) is 17.5 Å². The molecule has 2 rings (SSSR count). The molecule has 0 fully saturated rings. The molecule has 2 N–H and O–H groups in total. The van der Waals surface area contributed by atoms with Crippen molar-refractivity contribution in [3.63, 3.8) is 0 Å². The van der Waals surface area contributed by atoms with Crippen LogP contribution >= 0.6 is 0 Å². The lowest BCUT2D eigenvalue weighted by atomic mass is 9.96. The topological polar surface area (TPSA) is 35.2 Å². The van der Waals surface area contributed by atoms with Gasteiger partial charge in [-0.25, -0.2) is 8.78 Å². The molecule has 88 valence electrons. The van der Waals surface area contributed by atoms with Crippen molar-refractivity contribution < 1.29 is 17.9 Å². The minimum atomic E-state index is -1.47. The van der Waals surface area contributed by atoms with Gasteiger partial charge in [0.25, 0.3) is 0 Å². The summed E-state index contributed by atoms with van der Waals surface area (Å²) in [5.74, 6) is -3.97. The molecule has 0 spiro atoms. The van der Waals surface area contributed by atoms with E-state index in [9.17, 15) is 13.2 Å². The van der Waals surface area contributed by atoms with E-state index in [0.29, 0.717) is 25.0 Å². The summed E-state index contributed by atoms with van der Waals surface area (Å²) in [7, 11) is 0. The number of ether oxygens (including phenoxy) is 1. The summed E-state index contributed by atoms with van der Waals surface area (Å²) in [6.07, 6.45) is 1.36. The molecule has 0 radical (unpaired) electrons. The van der Waals surface area contributed by atoms with E-state index in [1.165, 1.54) is 0 Å². The summed E-state index contributed by atoms with van der Waals surface area (Å²) in [5, 5.41) is 0. The van der Waals surface area contributed by atoms with Gasteiger partial charge < -0.3 is 10.5 Å². The molecule has 0 aliphatic carbocycles. The van der Waals surface area contributed by atoms with Crippen LogP contribution in [0.2, 0.25) is 0 Å². The molecule has 0 aromatic heterocycles. The van der Waals surface area contributed by atoms with Crippen molar-refractivity contribution in [2.45, 2.75) is 19.3 Å².